The van der Waals surface area contributed by atoms with E-state index in [-0.39, 0.29) is 0 Å². The van der Waals surface area contributed by atoms with Crippen molar-refractivity contribution in [2.45, 2.75) is 37.9 Å². The molecule has 1 N–H and O–H groups in total. The van der Waals surface area contributed by atoms with E-state index in [2.05, 4.69) is 0 Å². The predicted molar refractivity (Wildman–Crippen MR) is 65.3 cm³/mol. The van der Waals surface area contributed by atoms with E-state index in [0.29, 0.717) is 34.9 Å². The van der Waals surface area contributed by atoms with Crippen LogP contribution in [0.3, 0.4) is 0 Å². The van der Waals surface area contributed by atoms with Gasteiger partial charge in [-0.3, -0.25) is 4.79 Å². The molecule has 0 bridgehead atoms. The molecule has 0 saturated heterocycles. The molecular formula is C13H13ClO4. The maximum absolute atomic E-state index is 11.3. The number of carbonyl (C=O) groups is 1. The lowest BCUT2D eigenvalue weighted by molar-refractivity contribution is -0.140. The highest BCUT2D eigenvalue weighted by Crippen LogP contribution is 2.53. The van der Waals surface area contributed by atoms with Crippen LogP contribution in [-0.4, -0.2) is 16.9 Å². The van der Waals surface area contributed by atoms with Crippen LogP contribution in [0.1, 0.15) is 32.3 Å². The normalized spacial score (nSPS) is 21.7. The molecule has 1 heterocycles. The van der Waals surface area contributed by atoms with E-state index in [0.717, 1.165) is 0 Å². The minimum absolute atomic E-state index is 0.403. The highest BCUT2D eigenvalue weighted by Gasteiger charge is 2.52. The molecule has 1 aromatic carbocycles. The number of ether oxygens (including phenoxy) is 2. The van der Waals surface area contributed by atoms with Crippen molar-refractivity contribution in [1.82, 2.24) is 0 Å². The topological polar surface area (TPSA) is 55.8 Å². The maximum atomic E-state index is 11.3. The van der Waals surface area contributed by atoms with E-state index in [1.165, 1.54) is 0 Å². The molecule has 4 nitrogen and oxygen atoms in total. The Hall–Kier alpha value is -1.42. The van der Waals surface area contributed by atoms with Crippen molar-refractivity contribution in [3.63, 3.8) is 0 Å². The van der Waals surface area contributed by atoms with Crippen molar-refractivity contribution < 1.29 is 19.4 Å². The molecule has 18 heavy (non-hydrogen) atoms. The average molecular weight is 269 g/mol. The Morgan fingerprint density at radius 1 is 1.33 bits per heavy atom. The van der Waals surface area contributed by atoms with Gasteiger partial charge in [-0.05, 0) is 30.5 Å². The summed E-state index contributed by atoms with van der Waals surface area (Å²) in [6, 6.07) is 3.41. The van der Waals surface area contributed by atoms with Crippen molar-refractivity contribution in [1.29, 1.82) is 0 Å². The van der Waals surface area contributed by atoms with E-state index in [4.69, 9.17) is 21.1 Å². The van der Waals surface area contributed by atoms with Gasteiger partial charge in [0.05, 0.1) is 10.4 Å². The number of rotatable bonds is 2. The summed E-state index contributed by atoms with van der Waals surface area (Å²) in [5.74, 6) is -0.553. The highest BCUT2D eigenvalue weighted by molar-refractivity contribution is 6.32. The van der Waals surface area contributed by atoms with Gasteiger partial charge in [0.2, 0.25) is 5.79 Å². The predicted octanol–water partition coefficient (Wildman–Crippen LogP) is 2.96. The first-order valence-corrected chi connectivity index (χ1v) is 6.17. The standard InChI is InChI=1S/C13H13ClO4/c1-12(2)17-9-6-7(5-8(14)10(9)18-12)13(3-4-13)11(15)16/h5-6H,3-4H2,1-2H3,(H,15,16). The SMILES string of the molecule is CC1(C)Oc2cc(C3(C(=O)O)CC3)cc(Cl)c2O1. The van der Waals surface area contributed by atoms with Crippen LogP contribution in [0.2, 0.25) is 5.02 Å². The molecule has 5 heteroatoms. The quantitative estimate of drug-likeness (QED) is 0.896. The van der Waals surface area contributed by atoms with Gasteiger partial charge in [0, 0.05) is 13.8 Å². The Kier molecular flexibility index (Phi) is 2.15. The van der Waals surface area contributed by atoms with Gasteiger partial charge >= 0.3 is 5.97 Å². The molecule has 1 aliphatic carbocycles. The first kappa shape index (κ1) is 11.7. The Morgan fingerprint density at radius 2 is 2.00 bits per heavy atom. The zero-order valence-electron chi connectivity index (χ0n) is 10.1. The summed E-state index contributed by atoms with van der Waals surface area (Å²) in [6.07, 6.45) is 1.28. The third-order valence-corrected chi connectivity index (χ3v) is 3.71. The van der Waals surface area contributed by atoms with Crippen LogP contribution in [0, 0.1) is 0 Å². The van der Waals surface area contributed by atoms with Crippen molar-refractivity contribution in [2.24, 2.45) is 0 Å². The van der Waals surface area contributed by atoms with Gasteiger partial charge in [0.25, 0.3) is 0 Å². The molecule has 0 radical (unpaired) electrons. The van der Waals surface area contributed by atoms with Crippen LogP contribution in [0.4, 0.5) is 0 Å². The molecule has 1 saturated carbocycles. The Bertz CT molecular complexity index is 546. The van der Waals surface area contributed by atoms with Gasteiger partial charge in [-0.2, -0.15) is 0 Å². The Balaban J connectivity index is 2.07. The average Bonchev–Trinajstić information content (AvgIpc) is 2.98. The summed E-state index contributed by atoms with van der Waals surface area (Å²) in [6.45, 7) is 3.57. The highest BCUT2D eigenvalue weighted by atomic mass is 35.5. The minimum Gasteiger partial charge on any atom is -0.481 e. The molecular weight excluding hydrogens is 256 g/mol. The van der Waals surface area contributed by atoms with Crippen LogP contribution in [0.15, 0.2) is 12.1 Å². The summed E-state index contributed by atoms with van der Waals surface area (Å²) in [5.41, 5.74) is -0.0885. The maximum Gasteiger partial charge on any atom is 0.314 e. The smallest absolute Gasteiger partial charge is 0.314 e. The van der Waals surface area contributed by atoms with Gasteiger partial charge in [-0.1, -0.05) is 11.6 Å². The Labute approximate surface area is 109 Å². The summed E-state index contributed by atoms with van der Waals surface area (Å²) in [7, 11) is 0. The summed E-state index contributed by atoms with van der Waals surface area (Å²) >= 11 is 6.14. The zero-order valence-corrected chi connectivity index (χ0v) is 10.9. The largest absolute Gasteiger partial charge is 0.481 e. The second-order valence-corrected chi connectivity index (χ2v) is 5.68. The van der Waals surface area contributed by atoms with Crippen LogP contribution >= 0.6 is 11.6 Å². The molecule has 0 atom stereocenters. The number of carboxylic acid groups (broad SMARTS) is 1. The lowest BCUT2D eigenvalue weighted by Crippen LogP contribution is -2.29. The number of hydrogen-bond donors (Lipinski definition) is 1. The third-order valence-electron chi connectivity index (χ3n) is 3.43. The van der Waals surface area contributed by atoms with Gasteiger partial charge in [0.1, 0.15) is 0 Å². The van der Waals surface area contributed by atoms with Crippen molar-refractivity contribution >= 4 is 17.6 Å². The van der Waals surface area contributed by atoms with Crippen LogP contribution in [0.5, 0.6) is 11.5 Å². The van der Waals surface area contributed by atoms with E-state index in [1.807, 2.05) is 0 Å². The first-order valence-electron chi connectivity index (χ1n) is 5.80. The fraction of sp³-hybridized carbons (Fsp3) is 0.462. The van der Waals surface area contributed by atoms with Crippen molar-refractivity contribution in [2.75, 3.05) is 0 Å². The van der Waals surface area contributed by atoms with Crippen molar-refractivity contribution in [3.8, 4) is 11.5 Å². The molecule has 0 aromatic heterocycles. The molecule has 2 aliphatic rings. The monoisotopic (exact) mass is 268 g/mol. The van der Waals surface area contributed by atoms with Crippen LogP contribution in [0.25, 0.3) is 0 Å². The van der Waals surface area contributed by atoms with Gasteiger partial charge in [-0.15, -0.1) is 0 Å². The van der Waals surface area contributed by atoms with E-state index in [1.54, 1.807) is 26.0 Å². The summed E-state index contributed by atoms with van der Waals surface area (Å²) in [4.78, 5) is 11.3. The van der Waals surface area contributed by atoms with E-state index < -0.39 is 17.2 Å². The Morgan fingerprint density at radius 3 is 2.56 bits per heavy atom. The molecule has 0 spiro atoms. The fourth-order valence-electron chi connectivity index (χ4n) is 2.30. The zero-order chi connectivity index (χ0) is 13.1. The molecule has 0 amide bonds. The van der Waals surface area contributed by atoms with Gasteiger partial charge < -0.3 is 14.6 Å². The molecule has 1 aliphatic heterocycles. The molecule has 0 unspecified atom stereocenters. The minimum atomic E-state index is -0.809. The van der Waals surface area contributed by atoms with Gasteiger partial charge in [0.15, 0.2) is 11.5 Å². The number of aliphatic carboxylic acids is 1. The van der Waals surface area contributed by atoms with Gasteiger partial charge in [-0.25, -0.2) is 0 Å². The number of carboxylic acids is 1. The van der Waals surface area contributed by atoms with Crippen LogP contribution < -0.4 is 9.47 Å². The number of hydrogen-bond acceptors (Lipinski definition) is 3. The second-order valence-electron chi connectivity index (χ2n) is 5.28. The first-order chi connectivity index (χ1) is 8.34. The number of halogens is 1. The molecule has 3 rings (SSSR count). The molecule has 1 aromatic rings. The lowest BCUT2D eigenvalue weighted by atomic mass is 9.96. The third kappa shape index (κ3) is 1.56. The van der Waals surface area contributed by atoms with Crippen LogP contribution in [-0.2, 0) is 10.2 Å². The number of benzene rings is 1. The lowest BCUT2D eigenvalue weighted by Gasteiger charge is -2.16. The molecule has 96 valence electrons. The van der Waals surface area contributed by atoms with Crippen molar-refractivity contribution in [3.05, 3.63) is 22.7 Å². The van der Waals surface area contributed by atoms with E-state index in [9.17, 15) is 9.90 Å². The number of fused-ring (bicyclic) bond motifs is 1. The molecule has 1 fully saturated rings. The van der Waals surface area contributed by atoms with E-state index >= 15 is 0 Å². The summed E-state index contributed by atoms with van der Waals surface area (Å²) in [5, 5.41) is 9.69. The summed E-state index contributed by atoms with van der Waals surface area (Å²) < 4.78 is 11.2. The second kappa shape index (κ2) is 3.32. The fourth-order valence-corrected chi connectivity index (χ4v) is 2.55.